The highest BCUT2D eigenvalue weighted by Crippen LogP contribution is 2.32. The van der Waals surface area contributed by atoms with Crippen molar-refractivity contribution in [3.63, 3.8) is 0 Å². The molecule has 1 heterocycles. The quantitative estimate of drug-likeness (QED) is 0.802. The maximum atomic E-state index is 5.94. The normalized spacial score (nSPS) is 24.7. The van der Waals surface area contributed by atoms with Crippen molar-refractivity contribution in [1.29, 1.82) is 0 Å². The summed E-state index contributed by atoms with van der Waals surface area (Å²) >= 11 is 9.26. The summed E-state index contributed by atoms with van der Waals surface area (Å²) in [5, 5.41) is 0.384. The van der Waals surface area contributed by atoms with Gasteiger partial charge in [0.15, 0.2) is 0 Å². The molecule has 0 amide bonds. The molecule has 1 aliphatic carbocycles. The van der Waals surface area contributed by atoms with E-state index in [9.17, 15) is 0 Å². The second-order valence-electron chi connectivity index (χ2n) is 4.02. The minimum Gasteiger partial charge on any atom is -0.344 e. The zero-order chi connectivity index (χ0) is 10.8. The fourth-order valence-electron chi connectivity index (χ4n) is 1.77. The molecule has 0 aliphatic heterocycles. The van der Waals surface area contributed by atoms with Crippen LogP contribution in [0, 0.1) is 5.92 Å². The summed E-state index contributed by atoms with van der Waals surface area (Å²) in [4.78, 5) is 10.6. The van der Waals surface area contributed by atoms with Crippen LogP contribution in [0.15, 0.2) is 16.9 Å². The van der Waals surface area contributed by atoms with Gasteiger partial charge in [0.2, 0.25) is 5.95 Å². The van der Waals surface area contributed by atoms with E-state index in [4.69, 9.17) is 11.6 Å². The van der Waals surface area contributed by atoms with Crippen molar-refractivity contribution in [1.82, 2.24) is 9.97 Å². The molecule has 0 aromatic carbocycles. The molecule has 82 valence electrons. The summed E-state index contributed by atoms with van der Waals surface area (Å²) < 4.78 is 0.907. The second kappa shape index (κ2) is 4.66. The molecule has 1 fully saturated rings. The molecule has 0 unspecified atom stereocenters. The number of hydrogen-bond donors (Lipinski definition) is 0. The Bertz CT molecular complexity index is 324. The maximum Gasteiger partial charge on any atom is 0.225 e. The minimum absolute atomic E-state index is 0.384. The number of halogens is 2. The van der Waals surface area contributed by atoms with E-state index in [1.54, 1.807) is 12.4 Å². The zero-order valence-electron chi connectivity index (χ0n) is 8.53. The smallest absolute Gasteiger partial charge is 0.225 e. The summed E-state index contributed by atoms with van der Waals surface area (Å²) in [6.45, 7) is 0.991. The Hall–Kier alpha value is -0.350. The highest BCUT2D eigenvalue weighted by Gasteiger charge is 2.28. The van der Waals surface area contributed by atoms with Crippen LogP contribution in [-0.2, 0) is 0 Å². The second-order valence-corrected chi connectivity index (χ2v) is 5.55. The third-order valence-electron chi connectivity index (χ3n) is 2.66. The highest BCUT2D eigenvalue weighted by atomic mass is 79.9. The molecule has 0 radical (unpaired) electrons. The Balaban J connectivity index is 1.90. The van der Waals surface area contributed by atoms with Crippen LogP contribution in [0.5, 0.6) is 0 Å². The summed E-state index contributed by atoms with van der Waals surface area (Å²) in [5.74, 6) is 1.47. The number of anilines is 1. The van der Waals surface area contributed by atoms with Crippen LogP contribution < -0.4 is 4.90 Å². The maximum absolute atomic E-state index is 5.94. The van der Waals surface area contributed by atoms with Gasteiger partial charge in [0.05, 0.1) is 4.47 Å². The molecular weight excluding hydrogens is 277 g/mol. The summed E-state index contributed by atoms with van der Waals surface area (Å²) in [7, 11) is 2.02. The van der Waals surface area contributed by atoms with E-state index < -0.39 is 0 Å². The molecule has 0 bridgehead atoms. The number of rotatable bonds is 3. The number of nitrogens with zero attached hydrogens (tertiary/aromatic N) is 3. The Morgan fingerprint density at radius 1 is 1.47 bits per heavy atom. The molecule has 5 heteroatoms. The van der Waals surface area contributed by atoms with E-state index in [2.05, 4.69) is 30.8 Å². The van der Waals surface area contributed by atoms with Gasteiger partial charge in [0, 0.05) is 31.4 Å². The van der Waals surface area contributed by atoms with E-state index in [0.29, 0.717) is 11.3 Å². The van der Waals surface area contributed by atoms with Gasteiger partial charge in [-0.3, -0.25) is 0 Å². The lowest BCUT2D eigenvalue weighted by molar-refractivity contribution is 0.328. The summed E-state index contributed by atoms with van der Waals surface area (Å²) in [5.41, 5.74) is 0. The summed E-state index contributed by atoms with van der Waals surface area (Å²) in [6, 6.07) is 0. The predicted octanol–water partition coefficient (Wildman–Crippen LogP) is 2.69. The van der Waals surface area contributed by atoms with E-state index in [-0.39, 0.29) is 0 Å². The first-order chi connectivity index (χ1) is 7.15. The minimum atomic E-state index is 0.384. The standard InChI is InChI=1S/C10H13BrClN3/c1-15(6-7-2-9(12)3-7)10-13-4-8(11)5-14-10/h4-5,7,9H,2-3,6H2,1H3. The first kappa shape index (κ1) is 11.1. The molecule has 0 saturated heterocycles. The van der Waals surface area contributed by atoms with Crippen molar-refractivity contribution >= 4 is 33.5 Å². The van der Waals surface area contributed by atoms with Crippen LogP contribution in [0.25, 0.3) is 0 Å². The topological polar surface area (TPSA) is 29.0 Å². The van der Waals surface area contributed by atoms with Crippen molar-refractivity contribution in [3.05, 3.63) is 16.9 Å². The number of aromatic nitrogens is 2. The molecule has 1 aliphatic rings. The molecule has 0 spiro atoms. The van der Waals surface area contributed by atoms with Gasteiger partial charge in [-0.05, 0) is 34.7 Å². The van der Waals surface area contributed by atoms with E-state index in [1.165, 1.54) is 0 Å². The van der Waals surface area contributed by atoms with Gasteiger partial charge >= 0.3 is 0 Å². The van der Waals surface area contributed by atoms with Gasteiger partial charge in [0.25, 0.3) is 0 Å². The van der Waals surface area contributed by atoms with Crippen molar-refractivity contribution in [2.75, 3.05) is 18.5 Å². The van der Waals surface area contributed by atoms with Crippen molar-refractivity contribution in [2.24, 2.45) is 5.92 Å². The molecule has 2 rings (SSSR count). The predicted molar refractivity (Wildman–Crippen MR) is 65.4 cm³/mol. The Kier molecular flexibility index (Phi) is 3.46. The highest BCUT2D eigenvalue weighted by molar-refractivity contribution is 9.10. The lowest BCUT2D eigenvalue weighted by Crippen LogP contribution is -2.35. The van der Waals surface area contributed by atoms with Crippen LogP contribution in [-0.4, -0.2) is 28.9 Å². The first-order valence-electron chi connectivity index (χ1n) is 4.98. The SMILES string of the molecule is CN(CC1CC(Cl)C1)c1ncc(Br)cn1. The Morgan fingerprint density at radius 3 is 2.60 bits per heavy atom. The number of hydrogen-bond acceptors (Lipinski definition) is 3. The van der Waals surface area contributed by atoms with E-state index in [0.717, 1.165) is 29.8 Å². The van der Waals surface area contributed by atoms with Gasteiger partial charge in [-0.2, -0.15) is 0 Å². The van der Waals surface area contributed by atoms with Crippen LogP contribution in [0.1, 0.15) is 12.8 Å². The fourth-order valence-corrected chi connectivity index (χ4v) is 2.48. The lowest BCUT2D eigenvalue weighted by atomic mass is 9.84. The monoisotopic (exact) mass is 289 g/mol. The average Bonchev–Trinajstić information content (AvgIpc) is 2.16. The van der Waals surface area contributed by atoms with Crippen molar-refractivity contribution in [2.45, 2.75) is 18.2 Å². The van der Waals surface area contributed by atoms with Gasteiger partial charge in [-0.15, -0.1) is 11.6 Å². The first-order valence-corrected chi connectivity index (χ1v) is 6.21. The third kappa shape index (κ3) is 2.82. The third-order valence-corrected chi connectivity index (χ3v) is 3.42. The molecule has 1 saturated carbocycles. The van der Waals surface area contributed by atoms with E-state index in [1.807, 2.05) is 7.05 Å². The van der Waals surface area contributed by atoms with Crippen molar-refractivity contribution in [3.8, 4) is 0 Å². The fraction of sp³-hybridized carbons (Fsp3) is 0.600. The molecule has 1 aromatic rings. The molecule has 1 aromatic heterocycles. The van der Waals surface area contributed by atoms with Gasteiger partial charge < -0.3 is 4.90 Å². The Labute approximate surface area is 103 Å². The molecular formula is C10H13BrClN3. The molecule has 3 nitrogen and oxygen atoms in total. The van der Waals surface area contributed by atoms with Gasteiger partial charge in [0.1, 0.15) is 0 Å². The van der Waals surface area contributed by atoms with E-state index >= 15 is 0 Å². The zero-order valence-corrected chi connectivity index (χ0v) is 10.9. The van der Waals surface area contributed by atoms with Gasteiger partial charge in [-0.1, -0.05) is 0 Å². The van der Waals surface area contributed by atoms with Crippen LogP contribution in [0.3, 0.4) is 0 Å². The van der Waals surface area contributed by atoms with Crippen LogP contribution >= 0.6 is 27.5 Å². The van der Waals surface area contributed by atoms with Crippen LogP contribution in [0.4, 0.5) is 5.95 Å². The van der Waals surface area contributed by atoms with Crippen molar-refractivity contribution < 1.29 is 0 Å². The lowest BCUT2D eigenvalue weighted by Gasteiger charge is -2.34. The molecule has 15 heavy (non-hydrogen) atoms. The van der Waals surface area contributed by atoms with Gasteiger partial charge in [-0.25, -0.2) is 9.97 Å². The molecule has 0 atom stereocenters. The molecule has 0 N–H and O–H groups in total. The van der Waals surface area contributed by atoms with Crippen LogP contribution in [0.2, 0.25) is 0 Å². The average molecular weight is 291 g/mol. The number of alkyl halides is 1. The Morgan fingerprint density at radius 2 is 2.07 bits per heavy atom. The largest absolute Gasteiger partial charge is 0.344 e. The summed E-state index contributed by atoms with van der Waals surface area (Å²) in [6.07, 6.45) is 5.76.